The number of nitrogens with two attached hydrogens (primary N) is 1. The van der Waals surface area contributed by atoms with Gasteiger partial charge in [0.15, 0.2) is 0 Å². The van der Waals surface area contributed by atoms with Crippen LogP contribution >= 0.6 is 11.3 Å². The third-order valence-corrected chi connectivity index (χ3v) is 7.61. The van der Waals surface area contributed by atoms with E-state index in [-0.39, 0.29) is 5.25 Å². The quantitative estimate of drug-likeness (QED) is 0.146. The molecule has 3 N–H and O–H groups in total. The number of aromatic nitrogens is 2. The fourth-order valence-corrected chi connectivity index (χ4v) is 5.71. The van der Waals surface area contributed by atoms with Crippen LogP contribution < -0.4 is 5.73 Å². The van der Waals surface area contributed by atoms with Gasteiger partial charge in [0.1, 0.15) is 21.0 Å². The van der Waals surface area contributed by atoms with Gasteiger partial charge in [-0.3, -0.25) is 9.62 Å². The number of hydrogen-bond acceptors (Lipinski definition) is 7. The molecule has 3 heterocycles. The average molecular weight is 577 g/mol. The molecule has 0 fully saturated rings. The van der Waals surface area contributed by atoms with Crippen LogP contribution in [-0.2, 0) is 10.8 Å². The molecule has 1 unspecified atom stereocenters. The Balaban J connectivity index is 0.000000468. The summed E-state index contributed by atoms with van der Waals surface area (Å²) in [5.41, 5.74) is 28.2. The fraction of sp³-hybridized carbons (Fsp3) is 0.0909. The summed E-state index contributed by atoms with van der Waals surface area (Å²) in [6.45, 7) is 19.5. The highest BCUT2D eigenvalue weighted by Crippen LogP contribution is 2.42. The van der Waals surface area contributed by atoms with E-state index in [4.69, 9.17) is 15.6 Å². The van der Waals surface area contributed by atoms with Gasteiger partial charge in [0, 0.05) is 28.0 Å². The van der Waals surface area contributed by atoms with Crippen LogP contribution in [-0.4, -0.2) is 25.3 Å². The van der Waals surface area contributed by atoms with Crippen molar-refractivity contribution in [2.24, 2.45) is 0 Å². The van der Waals surface area contributed by atoms with Crippen molar-refractivity contribution in [3.05, 3.63) is 128 Å². The lowest BCUT2D eigenvalue weighted by molar-refractivity contribution is 0.572. The van der Waals surface area contributed by atoms with Crippen LogP contribution in [0.1, 0.15) is 13.8 Å². The normalized spacial score (nSPS) is 9.24. The summed E-state index contributed by atoms with van der Waals surface area (Å²) < 4.78 is 18.8. The minimum absolute atomic E-state index is 0.0169. The number of fused-ring (bicyclic) bond motifs is 1. The van der Waals surface area contributed by atoms with Crippen LogP contribution in [0.25, 0.3) is 32.9 Å². The molecule has 6 nitrogen and oxygen atoms in total. The van der Waals surface area contributed by atoms with Crippen LogP contribution in [0, 0.1) is 5.41 Å². The number of hydrogen-bond donors (Lipinski definition) is 2. The first-order valence-electron chi connectivity index (χ1n) is 11.7. The number of oxazole rings is 1. The van der Waals surface area contributed by atoms with Gasteiger partial charge in [-0.15, -0.1) is 24.5 Å². The Labute approximate surface area is 246 Å². The maximum absolute atomic E-state index is 12.7. The Kier molecular flexibility index (Phi) is 15.5. The van der Waals surface area contributed by atoms with E-state index in [2.05, 4.69) is 88.7 Å². The van der Waals surface area contributed by atoms with E-state index < -0.39 is 10.8 Å². The molecule has 41 heavy (non-hydrogen) atoms. The van der Waals surface area contributed by atoms with Gasteiger partial charge >= 0.3 is 0 Å². The number of anilines is 1. The van der Waals surface area contributed by atoms with Gasteiger partial charge in [-0.25, -0.2) is 9.97 Å². The SMILES string of the molecule is C=C.C=C=C=C=C.C=C=C=C=C=C=C=N.CC(C)S(=O)c1sc2nc(-c3ncco3)cc(-c3ccccc3)c2c1N. The molecule has 204 valence electrons. The number of rotatable bonds is 4. The minimum Gasteiger partial charge on any atom is -0.443 e. The predicted octanol–water partition coefficient (Wildman–Crippen LogP) is 7.98. The Hall–Kier alpha value is -5.34. The van der Waals surface area contributed by atoms with Crippen molar-refractivity contribution in [2.75, 3.05) is 5.73 Å². The van der Waals surface area contributed by atoms with Gasteiger partial charge in [0.2, 0.25) is 5.89 Å². The molecule has 1 aromatic carbocycles. The number of nitrogen functional groups attached to an aromatic ring is 1. The van der Waals surface area contributed by atoms with E-state index in [0.717, 1.165) is 21.3 Å². The highest BCUT2D eigenvalue weighted by molar-refractivity contribution is 7.88. The molecule has 0 radical (unpaired) electrons. The lowest BCUT2D eigenvalue weighted by Gasteiger charge is -2.07. The zero-order valence-corrected chi connectivity index (χ0v) is 24.5. The summed E-state index contributed by atoms with van der Waals surface area (Å²) in [4.78, 5) is 9.62. The molecule has 0 aliphatic rings. The molecule has 4 aromatic rings. The van der Waals surface area contributed by atoms with Crippen LogP contribution in [0.5, 0.6) is 0 Å². The Bertz CT molecular complexity index is 1770. The summed E-state index contributed by atoms with van der Waals surface area (Å²) in [7, 11) is -1.17. The molecule has 4 rings (SSSR count). The molecule has 0 aliphatic carbocycles. The molecule has 1 atom stereocenters. The maximum atomic E-state index is 12.7. The summed E-state index contributed by atoms with van der Waals surface area (Å²) >= 11 is 1.37. The first-order chi connectivity index (χ1) is 19.9. The minimum atomic E-state index is -1.17. The van der Waals surface area contributed by atoms with Crippen LogP contribution in [0.4, 0.5) is 5.69 Å². The second kappa shape index (κ2) is 18.8. The van der Waals surface area contributed by atoms with Crippen LogP contribution in [0.15, 0.2) is 136 Å². The number of benzene rings is 1. The maximum Gasteiger partial charge on any atom is 0.245 e. The molecule has 3 aromatic heterocycles. The Morgan fingerprint density at radius 3 is 2.15 bits per heavy atom. The second-order valence-corrected chi connectivity index (χ2v) is 10.6. The third-order valence-electron chi connectivity index (χ3n) is 4.53. The van der Waals surface area contributed by atoms with Gasteiger partial charge in [-0.2, -0.15) is 0 Å². The lowest BCUT2D eigenvalue weighted by atomic mass is 10.0. The molecular weight excluding hydrogens is 549 g/mol. The molecule has 0 spiro atoms. The largest absolute Gasteiger partial charge is 0.443 e. The van der Waals surface area contributed by atoms with Gasteiger partial charge in [0.25, 0.3) is 0 Å². The molecule has 0 bridgehead atoms. The van der Waals surface area contributed by atoms with Crippen molar-refractivity contribution in [1.82, 2.24) is 9.97 Å². The van der Waals surface area contributed by atoms with Crippen molar-refractivity contribution >= 4 is 43.9 Å². The first-order valence-corrected chi connectivity index (χ1v) is 13.7. The molecule has 8 heteroatoms. The Morgan fingerprint density at radius 2 is 1.63 bits per heavy atom. The second-order valence-electron chi connectivity index (χ2n) is 7.37. The van der Waals surface area contributed by atoms with E-state index >= 15 is 0 Å². The number of thiophene rings is 1. The van der Waals surface area contributed by atoms with E-state index in [1.807, 2.05) is 56.1 Å². The van der Waals surface area contributed by atoms with Gasteiger partial charge < -0.3 is 10.2 Å². The lowest BCUT2D eigenvalue weighted by Crippen LogP contribution is -2.05. The summed E-state index contributed by atoms with van der Waals surface area (Å²) in [5, 5.41) is 7.13. The monoisotopic (exact) mass is 576 g/mol. The van der Waals surface area contributed by atoms with Gasteiger partial charge in [-0.05, 0) is 54.1 Å². The fourth-order valence-electron chi connectivity index (χ4n) is 2.97. The van der Waals surface area contributed by atoms with E-state index in [1.165, 1.54) is 17.6 Å². The third kappa shape index (κ3) is 10.0. The van der Waals surface area contributed by atoms with Crippen molar-refractivity contribution in [2.45, 2.75) is 23.3 Å². The summed E-state index contributed by atoms with van der Waals surface area (Å²) in [5.74, 6) is 2.31. The topological polar surface area (TPSA) is 106 Å². The number of nitrogens with one attached hydrogen (secondary N) is 1. The van der Waals surface area contributed by atoms with Crippen molar-refractivity contribution in [1.29, 1.82) is 5.41 Å². The first kappa shape index (κ1) is 33.7. The highest BCUT2D eigenvalue weighted by atomic mass is 32.2. The van der Waals surface area contributed by atoms with E-state index in [0.29, 0.717) is 21.5 Å². The zero-order chi connectivity index (χ0) is 30.6. The molecule has 0 saturated carbocycles. The molecule has 0 aliphatic heterocycles. The highest BCUT2D eigenvalue weighted by Gasteiger charge is 2.22. The van der Waals surface area contributed by atoms with Crippen molar-refractivity contribution in [3.63, 3.8) is 0 Å². The summed E-state index contributed by atoms with van der Waals surface area (Å²) in [6, 6.07) is 11.9. The van der Waals surface area contributed by atoms with Crippen LogP contribution in [0.3, 0.4) is 0 Å². The predicted molar refractivity (Wildman–Crippen MR) is 170 cm³/mol. The summed E-state index contributed by atoms with van der Waals surface area (Å²) in [6.07, 6.45) is 3.11. The average Bonchev–Trinajstić information content (AvgIpc) is 3.66. The van der Waals surface area contributed by atoms with Crippen molar-refractivity contribution < 1.29 is 8.63 Å². The van der Waals surface area contributed by atoms with E-state index in [9.17, 15) is 4.21 Å². The Morgan fingerprint density at radius 1 is 1.00 bits per heavy atom. The van der Waals surface area contributed by atoms with Gasteiger partial charge in [0.05, 0.1) is 22.7 Å². The van der Waals surface area contributed by atoms with Crippen LogP contribution in [0.2, 0.25) is 0 Å². The van der Waals surface area contributed by atoms with E-state index in [1.54, 1.807) is 6.20 Å². The standard InChI is InChI=1S/C19H17N3O2S2.C7H3N.C5H4.C2H4/c1-11(2)26(23)19-16(20)15-13(12-6-4-3-5-7-12)10-14(22-18(15)25-19)17-21-8-9-24-17;1-2-3-4-5-6-7-8;1-3-5-4-2;1-2/h3-11H,20H2,1-2H3;8H,1H2;1-2H2;1-2H2. The smallest absolute Gasteiger partial charge is 0.245 e. The molecular formula is C33H28N4O2S2. The van der Waals surface area contributed by atoms with Crippen molar-refractivity contribution in [3.8, 4) is 22.7 Å². The number of nitrogens with zero attached hydrogens (tertiary/aromatic N) is 2. The van der Waals surface area contributed by atoms with Gasteiger partial charge in [-0.1, -0.05) is 61.4 Å². The zero-order valence-electron chi connectivity index (χ0n) is 22.8. The molecule has 0 saturated heterocycles. The number of pyridine rings is 1. The molecule has 0 amide bonds.